The quantitative estimate of drug-likeness (QED) is 0.177. The summed E-state index contributed by atoms with van der Waals surface area (Å²) in [7, 11) is 0. The first-order chi connectivity index (χ1) is 23.8. The molecule has 6 heteroatoms. The average molecular weight is 617 g/mol. The zero-order valence-electron chi connectivity index (χ0n) is 25.8. The van der Waals surface area contributed by atoms with Gasteiger partial charge in [0, 0.05) is 59.4 Å². The lowest BCUT2D eigenvalue weighted by Crippen LogP contribution is -1.90. The first-order valence-corrected chi connectivity index (χ1v) is 15.7. The van der Waals surface area contributed by atoms with Crippen LogP contribution in [0, 0.1) is 0 Å². The molecular formula is C42H28N6. The third-order valence-electron chi connectivity index (χ3n) is 8.27. The van der Waals surface area contributed by atoms with Crippen molar-refractivity contribution in [1.29, 1.82) is 0 Å². The van der Waals surface area contributed by atoms with Crippen LogP contribution in [0.2, 0.25) is 0 Å². The van der Waals surface area contributed by atoms with Crippen LogP contribution in [0.3, 0.4) is 0 Å². The van der Waals surface area contributed by atoms with Gasteiger partial charge in [0.1, 0.15) is 0 Å². The standard InChI is InChI=1S/C42H28N6/c1-3-23-43-37(5-1)39-19-15-33(25-45-39)29-7-11-31(12-8-29)35-17-21-41(47-27-35)42-22-18-36(28-48-42)32-13-9-30(10-14-32)34-16-20-40(46-26-34)38-6-2-4-24-44-38/h1-28H. The summed E-state index contributed by atoms with van der Waals surface area (Å²) in [6.45, 7) is 0. The SMILES string of the molecule is c1ccc(-c2ccc(-c3ccc(-c4ccc(-c5ccc(-c6ccc(-c7ccc(-c8ccccn8)nc7)cc6)cn5)nc4)cc3)cn2)nc1. The zero-order chi connectivity index (χ0) is 32.1. The molecule has 2 aromatic carbocycles. The fourth-order valence-electron chi connectivity index (χ4n) is 5.60. The van der Waals surface area contributed by atoms with E-state index in [4.69, 9.17) is 9.97 Å². The highest BCUT2D eigenvalue weighted by Gasteiger charge is 2.08. The highest BCUT2D eigenvalue weighted by atomic mass is 14.8. The number of pyridine rings is 6. The highest BCUT2D eigenvalue weighted by molar-refractivity contribution is 5.73. The molecule has 0 atom stereocenters. The smallest absolute Gasteiger partial charge is 0.0886 e. The van der Waals surface area contributed by atoms with E-state index in [9.17, 15) is 0 Å². The molecule has 0 N–H and O–H groups in total. The van der Waals surface area contributed by atoms with E-state index in [1.54, 1.807) is 12.4 Å². The van der Waals surface area contributed by atoms with Crippen molar-refractivity contribution >= 4 is 0 Å². The van der Waals surface area contributed by atoms with Crippen molar-refractivity contribution in [3.8, 4) is 78.7 Å². The minimum Gasteiger partial charge on any atom is -0.255 e. The Labute approximate surface area is 278 Å². The number of hydrogen-bond acceptors (Lipinski definition) is 6. The average Bonchev–Trinajstić information content (AvgIpc) is 3.19. The van der Waals surface area contributed by atoms with Gasteiger partial charge in [0.15, 0.2) is 0 Å². The van der Waals surface area contributed by atoms with Crippen LogP contribution in [0.15, 0.2) is 171 Å². The minimum absolute atomic E-state index is 0.831. The van der Waals surface area contributed by atoms with Gasteiger partial charge in [-0.1, -0.05) is 84.9 Å². The topological polar surface area (TPSA) is 77.3 Å². The van der Waals surface area contributed by atoms with Gasteiger partial charge in [-0.15, -0.1) is 0 Å². The predicted molar refractivity (Wildman–Crippen MR) is 191 cm³/mol. The maximum atomic E-state index is 4.73. The Morgan fingerprint density at radius 2 is 0.458 bits per heavy atom. The van der Waals surface area contributed by atoms with Crippen LogP contribution in [-0.4, -0.2) is 29.9 Å². The van der Waals surface area contributed by atoms with Crippen molar-refractivity contribution in [2.45, 2.75) is 0 Å². The van der Waals surface area contributed by atoms with E-state index >= 15 is 0 Å². The maximum absolute atomic E-state index is 4.73. The van der Waals surface area contributed by atoms with Crippen molar-refractivity contribution in [2.24, 2.45) is 0 Å². The number of rotatable bonds is 7. The van der Waals surface area contributed by atoms with Crippen LogP contribution >= 0.6 is 0 Å². The van der Waals surface area contributed by atoms with E-state index in [0.717, 1.165) is 78.7 Å². The van der Waals surface area contributed by atoms with Gasteiger partial charge in [-0.25, -0.2) is 0 Å². The van der Waals surface area contributed by atoms with Gasteiger partial charge in [0.25, 0.3) is 0 Å². The summed E-state index contributed by atoms with van der Waals surface area (Å²) in [6, 6.07) is 45.0. The normalized spacial score (nSPS) is 10.9. The molecule has 0 saturated carbocycles. The molecule has 226 valence electrons. The number of nitrogens with zero attached hydrogens (tertiary/aromatic N) is 6. The monoisotopic (exact) mass is 616 g/mol. The molecule has 6 heterocycles. The Morgan fingerprint density at radius 3 is 0.667 bits per heavy atom. The van der Waals surface area contributed by atoms with Gasteiger partial charge < -0.3 is 0 Å². The second kappa shape index (κ2) is 13.0. The van der Waals surface area contributed by atoms with E-state index < -0.39 is 0 Å². The molecule has 0 radical (unpaired) electrons. The molecule has 0 aliphatic rings. The zero-order valence-corrected chi connectivity index (χ0v) is 25.8. The molecule has 0 bridgehead atoms. The van der Waals surface area contributed by atoms with Gasteiger partial charge in [0.05, 0.1) is 34.2 Å². The van der Waals surface area contributed by atoms with Crippen LogP contribution in [0.4, 0.5) is 0 Å². The van der Waals surface area contributed by atoms with Crippen molar-refractivity contribution in [1.82, 2.24) is 29.9 Å². The van der Waals surface area contributed by atoms with Crippen molar-refractivity contribution in [2.75, 3.05) is 0 Å². The summed E-state index contributed by atoms with van der Waals surface area (Å²) in [5.74, 6) is 0. The van der Waals surface area contributed by atoms with Crippen molar-refractivity contribution in [3.05, 3.63) is 171 Å². The number of aromatic nitrogens is 6. The maximum Gasteiger partial charge on any atom is 0.0886 e. The first-order valence-electron chi connectivity index (χ1n) is 15.7. The second-order valence-electron chi connectivity index (χ2n) is 11.3. The summed E-state index contributed by atoms with van der Waals surface area (Å²) in [5.41, 5.74) is 13.7. The Kier molecular flexibility index (Phi) is 7.79. The predicted octanol–water partition coefficient (Wildman–Crippen LogP) is 9.73. The molecule has 8 rings (SSSR count). The van der Waals surface area contributed by atoms with Crippen LogP contribution < -0.4 is 0 Å². The van der Waals surface area contributed by atoms with Gasteiger partial charge in [0.2, 0.25) is 0 Å². The van der Waals surface area contributed by atoms with E-state index in [1.165, 1.54) is 0 Å². The molecule has 0 fully saturated rings. The van der Waals surface area contributed by atoms with E-state index in [2.05, 4.69) is 92.7 Å². The molecule has 6 nitrogen and oxygen atoms in total. The first kappa shape index (κ1) is 28.8. The van der Waals surface area contributed by atoms with Gasteiger partial charge in [-0.05, 0) is 70.8 Å². The third-order valence-corrected chi connectivity index (χ3v) is 8.27. The summed E-state index contributed by atoms with van der Waals surface area (Å²) in [5, 5.41) is 0. The van der Waals surface area contributed by atoms with Crippen molar-refractivity contribution < 1.29 is 0 Å². The molecule has 48 heavy (non-hydrogen) atoms. The molecule has 0 aliphatic carbocycles. The largest absolute Gasteiger partial charge is 0.255 e. The Hall–Kier alpha value is -6.66. The summed E-state index contributed by atoms with van der Waals surface area (Å²) >= 11 is 0. The van der Waals surface area contributed by atoms with E-state index in [-0.39, 0.29) is 0 Å². The molecule has 6 aromatic heterocycles. The molecule has 0 saturated heterocycles. The highest BCUT2D eigenvalue weighted by Crippen LogP contribution is 2.29. The Balaban J connectivity index is 0.921. The van der Waals surface area contributed by atoms with Gasteiger partial charge >= 0.3 is 0 Å². The van der Waals surface area contributed by atoms with E-state index in [1.807, 2.05) is 85.5 Å². The van der Waals surface area contributed by atoms with Crippen LogP contribution in [-0.2, 0) is 0 Å². The van der Waals surface area contributed by atoms with Crippen molar-refractivity contribution in [3.63, 3.8) is 0 Å². The molecule has 8 aromatic rings. The fraction of sp³-hybridized carbons (Fsp3) is 0. The third kappa shape index (κ3) is 6.10. The van der Waals surface area contributed by atoms with Gasteiger partial charge in [-0.3, -0.25) is 29.9 Å². The summed E-state index contributed by atoms with van der Waals surface area (Å²) < 4.78 is 0. The fourth-order valence-corrected chi connectivity index (χ4v) is 5.60. The lowest BCUT2D eigenvalue weighted by molar-refractivity contribution is 1.25. The van der Waals surface area contributed by atoms with Crippen LogP contribution in [0.25, 0.3) is 78.7 Å². The summed E-state index contributed by atoms with van der Waals surface area (Å²) in [6.07, 6.45) is 11.2. The molecule has 0 amide bonds. The van der Waals surface area contributed by atoms with Crippen LogP contribution in [0.1, 0.15) is 0 Å². The lowest BCUT2D eigenvalue weighted by Gasteiger charge is -2.08. The molecule has 0 aliphatic heterocycles. The molecule has 0 spiro atoms. The second-order valence-corrected chi connectivity index (χ2v) is 11.3. The number of benzene rings is 2. The minimum atomic E-state index is 0.831. The van der Waals surface area contributed by atoms with Gasteiger partial charge in [-0.2, -0.15) is 0 Å². The van der Waals surface area contributed by atoms with E-state index in [0.29, 0.717) is 0 Å². The Bertz CT molecular complexity index is 2080. The summed E-state index contributed by atoms with van der Waals surface area (Å²) in [4.78, 5) is 27.4. The molecular weight excluding hydrogens is 589 g/mol. The Morgan fingerprint density at radius 1 is 0.208 bits per heavy atom. The molecule has 0 unspecified atom stereocenters. The number of hydrogen-bond donors (Lipinski definition) is 0. The lowest BCUT2D eigenvalue weighted by atomic mass is 10.0. The van der Waals surface area contributed by atoms with Crippen LogP contribution in [0.5, 0.6) is 0 Å².